The summed E-state index contributed by atoms with van der Waals surface area (Å²) in [6.07, 6.45) is 7.59. The number of piperidine rings is 3. The molecular formula is C43H52N4O5. The number of nitrogens with zero attached hydrogens (tertiary/aromatic N) is 2. The van der Waals surface area contributed by atoms with Crippen molar-refractivity contribution in [3.05, 3.63) is 76.1 Å². The molecule has 52 heavy (non-hydrogen) atoms. The summed E-state index contributed by atoms with van der Waals surface area (Å²) in [5, 5.41) is 2.32. The molecule has 6 heterocycles. The van der Waals surface area contributed by atoms with Gasteiger partial charge in [-0.3, -0.25) is 19.4 Å². The van der Waals surface area contributed by atoms with Gasteiger partial charge in [-0.2, -0.15) is 0 Å². The normalized spacial score (nSPS) is 33.2. The number of carbonyl (C=O) groups is 2. The van der Waals surface area contributed by atoms with Crippen LogP contribution < -0.4 is 4.74 Å². The van der Waals surface area contributed by atoms with Gasteiger partial charge >= 0.3 is 11.9 Å². The predicted octanol–water partition coefficient (Wildman–Crippen LogP) is 6.49. The van der Waals surface area contributed by atoms with Crippen molar-refractivity contribution in [2.24, 2.45) is 23.7 Å². The molecule has 2 N–H and O–H groups in total. The Labute approximate surface area is 306 Å². The number of aromatic amines is 2. The summed E-state index contributed by atoms with van der Waals surface area (Å²) in [6.45, 7) is 7.17. The first-order valence-corrected chi connectivity index (χ1v) is 19.3. The Balaban J connectivity index is 1.27. The van der Waals surface area contributed by atoms with Gasteiger partial charge in [0.25, 0.3) is 0 Å². The molecule has 3 saturated heterocycles. The summed E-state index contributed by atoms with van der Waals surface area (Å²) < 4.78 is 17.6. The zero-order valence-electron chi connectivity index (χ0n) is 31.4. The number of para-hydroxylation sites is 1. The second kappa shape index (κ2) is 12.5. The quantitative estimate of drug-likeness (QED) is 0.181. The fraction of sp³-hybridized carbons (Fsp3) is 0.535. The lowest BCUT2D eigenvalue weighted by Gasteiger charge is -2.57. The van der Waals surface area contributed by atoms with Gasteiger partial charge in [0.05, 0.1) is 27.2 Å². The van der Waals surface area contributed by atoms with Crippen LogP contribution in [0.4, 0.5) is 0 Å². The third-order valence-electron chi connectivity index (χ3n) is 14.1. The second-order valence-electron chi connectivity index (χ2n) is 16.3. The molecule has 4 aromatic rings. The zero-order valence-corrected chi connectivity index (χ0v) is 31.4. The van der Waals surface area contributed by atoms with E-state index in [-0.39, 0.29) is 41.8 Å². The topological polar surface area (TPSA) is 99.9 Å². The standard InChI is InChI=1S/C43H52N4O5/c1-7-24-15-23-20-43(42(49)52-6)39-27(13-14-47(21-23)40(24)43)29-19-36(50-4)30(17-34(29)45-39)31-16-28-25(8-2)22-46(3)35(37(28)41(48)51-5)18-32-26-11-9-10-12-33(26)44-38(31)32/h8-12,17,19,23-24,28,31,35,37,40,44-45H,7,13-16,18,20-22H2,1-6H3/b25-8+/t23-,24+,28+,31?,35+,37?,40+,43-/m1/s1. The molecule has 6 bridgehead atoms. The van der Waals surface area contributed by atoms with Gasteiger partial charge in [0.15, 0.2) is 0 Å². The van der Waals surface area contributed by atoms with Gasteiger partial charge in [-0.15, -0.1) is 0 Å². The highest BCUT2D eigenvalue weighted by atomic mass is 16.5. The molecule has 274 valence electrons. The van der Waals surface area contributed by atoms with E-state index in [9.17, 15) is 9.59 Å². The molecule has 0 spiro atoms. The number of benzene rings is 2. The number of carbonyl (C=O) groups excluding carboxylic acids is 2. The molecule has 2 aromatic carbocycles. The Morgan fingerprint density at radius 1 is 1.02 bits per heavy atom. The number of methoxy groups -OCH3 is 3. The lowest BCUT2D eigenvalue weighted by Crippen LogP contribution is -2.67. The number of fused-ring (bicyclic) bond motifs is 9. The Bertz CT molecular complexity index is 2110. The predicted molar refractivity (Wildman–Crippen MR) is 202 cm³/mol. The van der Waals surface area contributed by atoms with Crippen molar-refractivity contribution < 1.29 is 23.8 Å². The zero-order chi connectivity index (χ0) is 36.1. The Morgan fingerprint density at radius 3 is 2.60 bits per heavy atom. The number of hydrogen-bond acceptors (Lipinski definition) is 7. The minimum atomic E-state index is -0.725. The van der Waals surface area contributed by atoms with Gasteiger partial charge in [-0.1, -0.05) is 43.2 Å². The average molecular weight is 705 g/mol. The van der Waals surface area contributed by atoms with Crippen LogP contribution in [0.5, 0.6) is 5.75 Å². The first-order chi connectivity index (χ1) is 25.3. The van der Waals surface area contributed by atoms with Crippen molar-refractivity contribution in [1.29, 1.82) is 0 Å². The second-order valence-corrected chi connectivity index (χ2v) is 16.3. The lowest BCUT2D eigenvalue weighted by molar-refractivity contribution is -0.162. The maximum Gasteiger partial charge on any atom is 0.319 e. The fourth-order valence-corrected chi connectivity index (χ4v) is 12.1. The Hall–Kier alpha value is -4.08. The van der Waals surface area contributed by atoms with Crippen molar-refractivity contribution in [2.75, 3.05) is 48.0 Å². The van der Waals surface area contributed by atoms with Crippen molar-refractivity contribution in [1.82, 2.24) is 19.8 Å². The van der Waals surface area contributed by atoms with Crippen LogP contribution >= 0.6 is 0 Å². The summed E-state index contributed by atoms with van der Waals surface area (Å²) in [7, 11) is 6.99. The maximum atomic E-state index is 14.2. The van der Waals surface area contributed by atoms with Crippen LogP contribution in [0, 0.1) is 23.7 Å². The number of rotatable bonds is 5. The molecule has 10 rings (SSSR count). The highest BCUT2D eigenvalue weighted by Crippen LogP contribution is 2.56. The van der Waals surface area contributed by atoms with Crippen molar-refractivity contribution >= 4 is 33.7 Å². The number of likely N-dealkylation sites (N-methyl/N-ethyl adjacent to an activating group) is 1. The van der Waals surface area contributed by atoms with E-state index in [1.807, 2.05) is 0 Å². The van der Waals surface area contributed by atoms with E-state index in [1.165, 1.54) is 41.3 Å². The van der Waals surface area contributed by atoms with Gasteiger partial charge < -0.3 is 24.2 Å². The number of aromatic nitrogens is 2. The van der Waals surface area contributed by atoms with Crippen LogP contribution in [0.2, 0.25) is 0 Å². The number of hydrogen-bond donors (Lipinski definition) is 2. The summed E-state index contributed by atoms with van der Waals surface area (Å²) in [4.78, 5) is 40.8. The fourth-order valence-electron chi connectivity index (χ4n) is 12.1. The third-order valence-corrected chi connectivity index (χ3v) is 14.1. The van der Waals surface area contributed by atoms with Crippen LogP contribution in [0.25, 0.3) is 21.8 Å². The van der Waals surface area contributed by atoms with Crippen LogP contribution in [0.1, 0.15) is 73.5 Å². The molecular weight excluding hydrogens is 652 g/mol. The van der Waals surface area contributed by atoms with E-state index >= 15 is 0 Å². The first kappa shape index (κ1) is 33.7. The molecule has 9 nitrogen and oxygen atoms in total. The van der Waals surface area contributed by atoms with Gasteiger partial charge in [0.2, 0.25) is 0 Å². The number of likely N-dealkylation sites (tertiary alicyclic amines) is 1. The van der Waals surface area contributed by atoms with Crippen molar-refractivity contribution in [3.63, 3.8) is 0 Å². The summed E-state index contributed by atoms with van der Waals surface area (Å²) in [5.74, 6) is 1.11. The van der Waals surface area contributed by atoms with E-state index in [0.717, 1.165) is 85.2 Å². The van der Waals surface area contributed by atoms with E-state index < -0.39 is 5.41 Å². The number of allylic oxidation sites excluding steroid dienone is 1. The molecule has 3 unspecified atom stereocenters. The monoisotopic (exact) mass is 704 g/mol. The minimum Gasteiger partial charge on any atom is -0.496 e. The van der Waals surface area contributed by atoms with Gasteiger partial charge in [-0.25, -0.2) is 0 Å². The van der Waals surface area contributed by atoms with Crippen LogP contribution in [0.3, 0.4) is 0 Å². The number of ether oxygens (including phenoxy) is 3. The van der Waals surface area contributed by atoms with E-state index in [2.05, 4.69) is 83.1 Å². The third kappa shape index (κ3) is 4.67. The van der Waals surface area contributed by atoms with Crippen LogP contribution in [0.15, 0.2) is 48.0 Å². The smallest absolute Gasteiger partial charge is 0.319 e. The van der Waals surface area contributed by atoms with Crippen molar-refractivity contribution in [2.45, 2.75) is 75.8 Å². The molecule has 1 saturated carbocycles. The lowest BCUT2D eigenvalue weighted by atomic mass is 9.56. The van der Waals surface area contributed by atoms with E-state index in [1.54, 1.807) is 14.2 Å². The maximum absolute atomic E-state index is 14.2. The molecule has 9 atom stereocenters. The molecule has 0 amide bonds. The SMILES string of the molecule is C/C=C1\CN(C)[C@H]2Cc3c([nH]c4ccccc34)C(c3cc4[nH]c5c(c4cc3OC)CCN3C[C@@H]4C[C@H](CC)[C@H]3[C@@]5(C(=O)OC)C4)C[C@@H]1C2C(=O)OC. The highest BCUT2D eigenvalue weighted by Gasteiger charge is 2.62. The summed E-state index contributed by atoms with van der Waals surface area (Å²) in [6, 6.07) is 13.2. The van der Waals surface area contributed by atoms with Gasteiger partial charge in [0.1, 0.15) is 11.2 Å². The molecule has 9 heteroatoms. The average Bonchev–Trinajstić information content (AvgIpc) is 3.69. The van der Waals surface area contributed by atoms with E-state index in [4.69, 9.17) is 14.2 Å². The van der Waals surface area contributed by atoms with E-state index in [0.29, 0.717) is 11.8 Å². The number of esters is 2. The number of H-pyrrole nitrogens is 2. The number of nitrogens with one attached hydrogen (secondary N) is 2. The molecule has 4 fully saturated rings. The van der Waals surface area contributed by atoms with Crippen LogP contribution in [-0.2, 0) is 37.3 Å². The van der Waals surface area contributed by atoms with Gasteiger partial charge in [0, 0.05) is 76.4 Å². The molecule has 0 radical (unpaired) electrons. The Kier molecular flexibility index (Phi) is 8.12. The highest BCUT2D eigenvalue weighted by molar-refractivity contribution is 5.93. The largest absolute Gasteiger partial charge is 0.496 e. The van der Waals surface area contributed by atoms with Crippen LogP contribution in [-0.4, -0.2) is 91.8 Å². The molecule has 4 aliphatic heterocycles. The van der Waals surface area contributed by atoms with Crippen molar-refractivity contribution in [3.8, 4) is 5.75 Å². The first-order valence-electron chi connectivity index (χ1n) is 19.3. The van der Waals surface area contributed by atoms with Gasteiger partial charge in [-0.05, 0) is 93.2 Å². The summed E-state index contributed by atoms with van der Waals surface area (Å²) in [5.41, 5.74) is 8.48. The Morgan fingerprint density at radius 2 is 1.85 bits per heavy atom. The molecule has 2 aromatic heterocycles. The molecule has 2 aliphatic carbocycles. The minimum absolute atomic E-state index is 0.00122. The molecule has 6 aliphatic rings. The summed E-state index contributed by atoms with van der Waals surface area (Å²) >= 11 is 0.